The fourth-order valence-electron chi connectivity index (χ4n) is 5.14. The second kappa shape index (κ2) is 4.47. The van der Waals surface area contributed by atoms with Gasteiger partial charge in [-0.2, -0.15) is 0 Å². The molecule has 0 aromatic rings. The van der Waals surface area contributed by atoms with E-state index in [-0.39, 0.29) is 5.54 Å². The summed E-state index contributed by atoms with van der Waals surface area (Å²) < 4.78 is 0. The van der Waals surface area contributed by atoms with Crippen LogP contribution in [0.25, 0.3) is 0 Å². The minimum atomic E-state index is -0.221. The van der Waals surface area contributed by atoms with Crippen LogP contribution in [0.2, 0.25) is 0 Å². The fourth-order valence-corrected chi connectivity index (χ4v) is 5.14. The molecule has 1 amide bonds. The zero-order chi connectivity index (χ0) is 13.8. The highest BCUT2D eigenvalue weighted by Crippen LogP contribution is 2.69. The van der Waals surface area contributed by atoms with Crippen molar-refractivity contribution in [2.75, 3.05) is 6.54 Å². The summed E-state index contributed by atoms with van der Waals surface area (Å²) in [5.41, 5.74) is 5.67. The van der Waals surface area contributed by atoms with Gasteiger partial charge in [0.2, 0.25) is 5.91 Å². The van der Waals surface area contributed by atoms with Crippen molar-refractivity contribution in [1.29, 1.82) is 0 Å². The summed E-state index contributed by atoms with van der Waals surface area (Å²) in [6.45, 7) is 7.00. The molecule has 0 radical (unpaired) electrons. The van der Waals surface area contributed by atoms with Gasteiger partial charge >= 0.3 is 0 Å². The molecule has 0 saturated heterocycles. The van der Waals surface area contributed by atoms with E-state index in [2.05, 4.69) is 26.1 Å². The Bertz CT molecular complexity index is 365. The minimum Gasteiger partial charge on any atom is -0.349 e. The van der Waals surface area contributed by atoms with E-state index >= 15 is 0 Å². The summed E-state index contributed by atoms with van der Waals surface area (Å²) in [5, 5.41) is 3.27. The van der Waals surface area contributed by atoms with E-state index in [4.69, 9.17) is 5.73 Å². The number of rotatable bonds is 5. The molecule has 108 valence electrons. The maximum absolute atomic E-state index is 12.5. The first-order valence-electron chi connectivity index (χ1n) is 7.97. The Morgan fingerprint density at radius 2 is 1.89 bits per heavy atom. The van der Waals surface area contributed by atoms with Crippen molar-refractivity contribution in [2.24, 2.45) is 41.2 Å². The maximum atomic E-state index is 12.5. The maximum Gasteiger partial charge on any atom is 0.224 e. The lowest BCUT2D eigenvalue weighted by Crippen LogP contribution is -2.53. The Labute approximate surface area is 116 Å². The standard InChI is InChI=1S/C16H28N2O/c1-9(2)7-16(3,8-17)18-15(19)14-12-10-4-5-11(6-10)13(12)14/h9-14H,4-8,17H2,1-3H3,(H,18,19). The molecule has 5 atom stereocenters. The normalized spacial score (nSPS) is 42.1. The average molecular weight is 264 g/mol. The predicted molar refractivity (Wildman–Crippen MR) is 76.4 cm³/mol. The second-order valence-electron chi connectivity index (χ2n) is 7.87. The molecule has 3 heteroatoms. The van der Waals surface area contributed by atoms with E-state index in [1.807, 2.05) is 0 Å². The van der Waals surface area contributed by atoms with E-state index in [0.29, 0.717) is 24.3 Å². The summed E-state index contributed by atoms with van der Waals surface area (Å²) in [6, 6.07) is 0. The van der Waals surface area contributed by atoms with Crippen LogP contribution in [0.4, 0.5) is 0 Å². The molecular formula is C16H28N2O. The van der Waals surface area contributed by atoms with Crippen molar-refractivity contribution in [3.05, 3.63) is 0 Å². The molecule has 19 heavy (non-hydrogen) atoms. The van der Waals surface area contributed by atoms with Gasteiger partial charge in [-0.25, -0.2) is 0 Å². The topological polar surface area (TPSA) is 55.1 Å². The molecule has 3 rings (SSSR count). The molecule has 2 bridgehead atoms. The highest BCUT2D eigenvalue weighted by Gasteiger charge is 2.67. The Morgan fingerprint density at radius 3 is 2.37 bits per heavy atom. The molecule has 5 unspecified atom stereocenters. The van der Waals surface area contributed by atoms with Gasteiger partial charge in [0, 0.05) is 18.0 Å². The average Bonchev–Trinajstić information content (AvgIpc) is 2.78. The van der Waals surface area contributed by atoms with Gasteiger partial charge in [-0.1, -0.05) is 13.8 Å². The highest BCUT2D eigenvalue weighted by molar-refractivity contribution is 5.83. The minimum absolute atomic E-state index is 0.221. The zero-order valence-corrected chi connectivity index (χ0v) is 12.5. The first-order chi connectivity index (χ1) is 8.95. The van der Waals surface area contributed by atoms with Gasteiger partial charge in [0.1, 0.15) is 0 Å². The molecule has 3 nitrogen and oxygen atoms in total. The van der Waals surface area contributed by atoms with E-state index in [1.54, 1.807) is 0 Å². The number of hydrogen-bond acceptors (Lipinski definition) is 2. The van der Waals surface area contributed by atoms with Gasteiger partial charge in [0.05, 0.1) is 0 Å². The van der Waals surface area contributed by atoms with Crippen LogP contribution in [-0.4, -0.2) is 18.0 Å². The summed E-state index contributed by atoms with van der Waals surface area (Å²) in [4.78, 5) is 12.5. The van der Waals surface area contributed by atoms with Crippen LogP contribution < -0.4 is 11.1 Å². The monoisotopic (exact) mass is 264 g/mol. The third-order valence-corrected chi connectivity index (χ3v) is 5.77. The van der Waals surface area contributed by atoms with Crippen molar-refractivity contribution < 1.29 is 4.79 Å². The summed E-state index contributed by atoms with van der Waals surface area (Å²) in [7, 11) is 0. The van der Waals surface area contributed by atoms with Crippen LogP contribution >= 0.6 is 0 Å². The molecule has 0 heterocycles. The molecule has 3 fully saturated rings. The van der Waals surface area contributed by atoms with Crippen LogP contribution in [0.5, 0.6) is 0 Å². The van der Waals surface area contributed by atoms with Crippen molar-refractivity contribution in [1.82, 2.24) is 5.32 Å². The van der Waals surface area contributed by atoms with Crippen molar-refractivity contribution in [3.63, 3.8) is 0 Å². The summed E-state index contributed by atoms with van der Waals surface area (Å²) in [5.74, 6) is 4.34. The molecule has 3 aliphatic carbocycles. The van der Waals surface area contributed by atoms with Gasteiger partial charge in [-0.05, 0) is 62.2 Å². The van der Waals surface area contributed by atoms with Crippen LogP contribution in [0.15, 0.2) is 0 Å². The number of carbonyl (C=O) groups is 1. The molecule has 3 saturated carbocycles. The Balaban J connectivity index is 1.60. The summed E-state index contributed by atoms with van der Waals surface area (Å²) >= 11 is 0. The van der Waals surface area contributed by atoms with Crippen LogP contribution in [0, 0.1) is 35.5 Å². The lowest BCUT2D eigenvalue weighted by atomic mass is 9.90. The lowest BCUT2D eigenvalue weighted by molar-refractivity contribution is -0.125. The van der Waals surface area contributed by atoms with Crippen molar-refractivity contribution in [3.8, 4) is 0 Å². The molecule has 0 spiro atoms. The SMILES string of the molecule is CC(C)CC(C)(CN)NC(=O)C1C2C3CCC(C3)C12. The molecule has 0 aromatic carbocycles. The number of amides is 1. The number of nitrogens with one attached hydrogen (secondary N) is 1. The molecule has 0 aliphatic heterocycles. The van der Waals surface area contributed by atoms with Gasteiger partial charge in [-0.15, -0.1) is 0 Å². The van der Waals surface area contributed by atoms with Crippen molar-refractivity contribution >= 4 is 5.91 Å². The second-order valence-corrected chi connectivity index (χ2v) is 7.87. The zero-order valence-electron chi connectivity index (χ0n) is 12.5. The number of hydrogen-bond donors (Lipinski definition) is 2. The van der Waals surface area contributed by atoms with E-state index in [9.17, 15) is 4.79 Å². The largest absolute Gasteiger partial charge is 0.349 e. The molecule has 3 aliphatic rings. The summed E-state index contributed by atoms with van der Waals surface area (Å²) in [6.07, 6.45) is 5.11. The quantitative estimate of drug-likeness (QED) is 0.799. The third kappa shape index (κ3) is 2.20. The van der Waals surface area contributed by atoms with Gasteiger partial charge in [0.25, 0.3) is 0 Å². The van der Waals surface area contributed by atoms with Crippen LogP contribution in [0.3, 0.4) is 0 Å². The first kappa shape index (κ1) is 13.4. The molecular weight excluding hydrogens is 236 g/mol. The Hall–Kier alpha value is -0.570. The highest BCUT2D eigenvalue weighted by atomic mass is 16.2. The number of fused-ring (bicyclic) bond motifs is 5. The van der Waals surface area contributed by atoms with Crippen LogP contribution in [-0.2, 0) is 4.79 Å². The fraction of sp³-hybridized carbons (Fsp3) is 0.938. The van der Waals surface area contributed by atoms with Crippen molar-refractivity contribution in [2.45, 2.75) is 52.0 Å². The van der Waals surface area contributed by atoms with E-state index in [0.717, 1.165) is 30.1 Å². The van der Waals surface area contributed by atoms with Gasteiger partial charge in [-0.3, -0.25) is 4.79 Å². The predicted octanol–water partition coefficient (Wildman–Crippen LogP) is 2.16. The first-order valence-corrected chi connectivity index (χ1v) is 7.97. The Kier molecular flexibility index (Phi) is 3.16. The smallest absolute Gasteiger partial charge is 0.224 e. The van der Waals surface area contributed by atoms with E-state index < -0.39 is 0 Å². The molecule has 0 aromatic heterocycles. The van der Waals surface area contributed by atoms with E-state index in [1.165, 1.54) is 19.3 Å². The van der Waals surface area contributed by atoms with Gasteiger partial charge in [0.15, 0.2) is 0 Å². The lowest BCUT2D eigenvalue weighted by Gasteiger charge is -2.31. The number of nitrogens with two attached hydrogens (primary N) is 1. The van der Waals surface area contributed by atoms with Gasteiger partial charge < -0.3 is 11.1 Å². The van der Waals surface area contributed by atoms with Crippen LogP contribution in [0.1, 0.15) is 46.5 Å². The third-order valence-electron chi connectivity index (χ3n) is 5.77. The molecule has 3 N–H and O–H groups in total. The number of carbonyl (C=O) groups excluding carboxylic acids is 1. The Morgan fingerprint density at radius 1 is 1.32 bits per heavy atom.